The Kier molecular flexibility index (Phi) is 4.80. The first-order valence-corrected chi connectivity index (χ1v) is 7.38. The minimum absolute atomic E-state index is 0.0207. The summed E-state index contributed by atoms with van der Waals surface area (Å²) in [5, 5.41) is 3.51. The standard InChI is InChI=1S/C13H11BrClNOS/c14-12-6-5-10(18-12)8-16-13(17)7-9-3-1-2-4-11(9)15/h1-6H,7-8H2,(H,16,17). The molecule has 0 bridgehead atoms. The van der Waals surface area contributed by atoms with Gasteiger partial charge in [0.05, 0.1) is 16.8 Å². The number of rotatable bonds is 4. The Labute approximate surface area is 123 Å². The summed E-state index contributed by atoms with van der Waals surface area (Å²) < 4.78 is 1.07. The van der Waals surface area contributed by atoms with Crippen LogP contribution in [0.3, 0.4) is 0 Å². The van der Waals surface area contributed by atoms with Crippen LogP contribution in [-0.4, -0.2) is 5.91 Å². The van der Waals surface area contributed by atoms with Crippen molar-refractivity contribution in [3.05, 3.63) is 55.6 Å². The van der Waals surface area contributed by atoms with Gasteiger partial charge >= 0.3 is 0 Å². The highest BCUT2D eigenvalue weighted by molar-refractivity contribution is 9.11. The minimum Gasteiger partial charge on any atom is -0.351 e. The molecule has 2 rings (SSSR count). The van der Waals surface area contributed by atoms with Crippen molar-refractivity contribution < 1.29 is 4.79 Å². The van der Waals surface area contributed by atoms with Crippen molar-refractivity contribution >= 4 is 44.8 Å². The average Bonchev–Trinajstić information content (AvgIpc) is 2.76. The zero-order valence-electron chi connectivity index (χ0n) is 9.45. The second-order valence-electron chi connectivity index (χ2n) is 3.75. The molecule has 94 valence electrons. The molecule has 0 fully saturated rings. The fourth-order valence-corrected chi connectivity index (χ4v) is 3.14. The lowest BCUT2D eigenvalue weighted by Crippen LogP contribution is -2.24. The first-order chi connectivity index (χ1) is 8.65. The largest absolute Gasteiger partial charge is 0.351 e. The van der Waals surface area contributed by atoms with Crippen molar-refractivity contribution in [2.75, 3.05) is 0 Å². The van der Waals surface area contributed by atoms with Crippen molar-refractivity contribution in [3.63, 3.8) is 0 Å². The van der Waals surface area contributed by atoms with Gasteiger partial charge in [0.25, 0.3) is 0 Å². The van der Waals surface area contributed by atoms with Crippen LogP contribution in [-0.2, 0) is 17.8 Å². The third-order valence-corrected chi connectivity index (χ3v) is 4.39. The highest BCUT2D eigenvalue weighted by atomic mass is 79.9. The number of amides is 1. The first kappa shape index (κ1) is 13.6. The molecule has 0 aliphatic rings. The van der Waals surface area contributed by atoms with Gasteiger partial charge in [0.15, 0.2) is 0 Å². The highest BCUT2D eigenvalue weighted by Crippen LogP contribution is 2.21. The van der Waals surface area contributed by atoms with E-state index in [9.17, 15) is 4.79 Å². The van der Waals surface area contributed by atoms with Crippen LogP contribution >= 0.6 is 38.9 Å². The third kappa shape index (κ3) is 3.83. The molecule has 2 nitrogen and oxygen atoms in total. The molecule has 0 aliphatic carbocycles. The highest BCUT2D eigenvalue weighted by Gasteiger charge is 2.06. The van der Waals surface area contributed by atoms with E-state index >= 15 is 0 Å². The van der Waals surface area contributed by atoms with Gasteiger partial charge in [-0.1, -0.05) is 29.8 Å². The van der Waals surface area contributed by atoms with Crippen molar-refractivity contribution in [1.29, 1.82) is 0 Å². The number of benzene rings is 1. The number of carbonyl (C=O) groups is 1. The molecular weight excluding hydrogens is 334 g/mol. The second kappa shape index (κ2) is 6.36. The molecule has 1 amide bonds. The molecule has 18 heavy (non-hydrogen) atoms. The quantitative estimate of drug-likeness (QED) is 0.891. The van der Waals surface area contributed by atoms with E-state index in [4.69, 9.17) is 11.6 Å². The van der Waals surface area contributed by atoms with Crippen LogP contribution in [0.4, 0.5) is 0 Å². The normalized spacial score (nSPS) is 10.3. The molecule has 0 saturated heterocycles. The zero-order chi connectivity index (χ0) is 13.0. The van der Waals surface area contributed by atoms with Gasteiger partial charge in [-0.2, -0.15) is 0 Å². The Morgan fingerprint density at radius 3 is 2.72 bits per heavy atom. The van der Waals surface area contributed by atoms with Crippen LogP contribution in [0.25, 0.3) is 0 Å². The molecule has 1 aromatic carbocycles. The van der Waals surface area contributed by atoms with Gasteiger partial charge in [0, 0.05) is 9.90 Å². The van der Waals surface area contributed by atoms with Gasteiger partial charge in [-0.25, -0.2) is 0 Å². The van der Waals surface area contributed by atoms with E-state index in [-0.39, 0.29) is 5.91 Å². The van der Waals surface area contributed by atoms with E-state index in [1.165, 1.54) is 0 Å². The summed E-state index contributed by atoms with van der Waals surface area (Å²) in [6, 6.07) is 11.4. The van der Waals surface area contributed by atoms with Gasteiger partial charge < -0.3 is 5.32 Å². The van der Waals surface area contributed by atoms with E-state index in [2.05, 4.69) is 21.2 Å². The lowest BCUT2D eigenvalue weighted by atomic mass is 10.1. The monoisotopic (exact) mass is 343 g/mol. The maximum atomic E-state index is 11.8. The first-order valence-electron chi connectivity index (χ1n) is 5.39. The average molecular weight is 345 g/mol. The SMILES string of the molecule is O=C(Cc1ccccc1Cl)NCc1ccc(Br)s1. The lowest BCUT2D eigenvalue weighted by molar-refractivity contribution is -0.120. The lowest BCUT2D eigenvalue weighted by Gasteiger charge is -2.05. The molecule has 1 heterocycles. The molecule has 0 radical (unpaired) electrons. The van der Waals surface area contributed by atoms with Crippen molar-refractivity contribution in [2.24, 2.45) is 0 Å². The predicted molar refractivity (Wildman–Crippen MR) is 79.0 cm³/mol. The Balaban J connectivity index is 1.88. The van der Waals surface area contributed by atoms with Crippen LogP contribution in [0, 0.1) is 0 Å². The maximum Gasteiger partial charge on any atom is 0.224 e. The smallest absolute Gasteiger partial charge is 0.224 e. The molecule has 1 N–H and O–H groups in total. The van der Waals surface area contributed by atoms with Crippen LogP contribution < -0.4 is 5.32 Å². The molecule has 1 aromatic heterocycles. The topological polar surface area (TPSA) is 29.1 Å². The molecule has 2 aromatic rings. The van der Waals surface area contributed by atoms with Gasteiger partial charge in [0.1, 0.15) is 0 Å². The van der Waals surface area contributed by atoms with Gasteiger partial charge in [0.2, 0.25) is 5.91 Å². The minimum atomic E-state index is -0.0207. The Bertz CT molecular complexity index is 555. The molecule has 0 saturated carbocycles. The van der Waals surface area contributed by atoms with Crippen molar-refractivity contribution in [2.45, 2.75) is 13.0 Å². The number of carbonyl (C=O) groups excluding carboxylic acids is 1. The Morgan fingerprint density at radius 2 is 2.06 bits per heavy atom. The summed E-state index contributed by atoms with van der Waals surface area (Å²) in [4.78, 5) is 12.9. The van der Waals surface area contributed by atoms with Crippen molar-refractivity contribution in [1.82, 2.24) is 5.32 Å². The number of thiophene rings is 1. The summed E-state index contributed by atoms with van der Waals surface area (Å²) in [5.74, 6) is -0.0207. The van der Waals surface area contributed by atoms with E-state index in [1.807, 2.05) is 30.3 Å². The van der Waals surface area contributed by atoms with E-state index < -0.39 is 0 Å². The van der Waals surface area contributed by atoms with Gasteiger partial charge in [-0.3, -0.25) is 4.79 Å². The van der Waals surface area contributed by atoms with Crippen molar-refractivity contribution in [3.8, 4) is 0 Å². The predicted octanol–water partition coefficient (Wildman–Crippen LogP) is 4.02. The van der Waals surface area contributed by atoms with Crippen LogP contribution in [0.1, 0.15) is 10.4 Å². The summed E-state index contributed by atoms with van der Waals surface area (Å²) in [6.45, 7) is 0.555. The number of hydrogen-bond donors (Lipinski definition) is 1. The third-order valence-electron chi connectivity index (χ3n) is 2.40. The molecular formula is C13H11BrClNOS. The maximum absolute atomic E-state index is 11.8. The number of nitrogens with one attached hydrogen (secondary N) is 1. The van der Waals surface area contributed by atoms with Crippen LogP contribution in [0.5, 0.6) is 0 Å². The Hall–Kier alpha value is -0.840. The molecule has 0 spiro atoms. The summed E-state index contributed by atoms with van der Waals surface area (Å²) in [5.41, 5.74) is 0.851. The molecule has 0 unspecified atom stereocenters. The molecule has 5 heteroatoms. The fraction of sp³-hybridized carbons (Fsp3) is 0.154. The number of halogens is 2. The van der Waals surface area contributed by atoms with Gasteiger partial charge in [-0.05, 0) is 39.7 Å². The molecule has 0 atom stereocenters. The molecule has 0 aliphatic heterocycles. The van der Waals surface area contributed by atoms with Crippen LogP contribution in [0.15, 0.2) is 40.2 Å². The van der Waals surface area contributed by atoms with E-state index in [0.717, 1.165) is 14.2 Å². The van der Waals surface area contributed by atoms with E-state index in [1.54, 1.807) is 17.4 Å². The second-order valence-corrected chi connectivity index (χ2v) is 6.71. The number of hydrogen-bond acceptors (Lipinski definition) is 2. The summed E-state index contributed by atoms with van der Waals surface area (Å²) >= 11 is 11.0. The summed E-state index contributed by atoms with van der Waals surface area (Å²) in [6.07, 6.45) is 0.312. The zero-order valence-corrected chi connectivity index (χ0v) is 12.6. The van der Waals surface area contributed by atoms with Gasteiger partial charge in [-0.15, -0.1) is 11.3 Å². The fourth-order valence-electron chi connectivity index (χ4n) is 1.51. The Morgan fingerprint density at radius 1 is 1.28 bits per heavy atom. The summed E-state index contributed by atoms with van der Waals surface area (Å²) in [7, 11) is 0. The van der Waals surface area contributed by atoms with Crippen LogP contribution in [0.2, 0.25) is 5.02 Å². The van der Waals surface area contributed by atoms with E-state index in [0.29, 0.717) is 18.0 Å².